The Morgan fingerprint density at radius 1 is 1.26 bits per heavy atom. The maximum Gasteiger partial charge on any atom is 0.197 e. The SMILES string of the molecule is CC1CCC(C(C)(C)O)CC1OC1OC(CO)C(O)C(=O)C1O. The number of ketones is 1. The van der Waals surface area contributed by atoms with Gasteiger partial charge in [-0.05, 0) is 44.9 Å². The molecule has 4 N–H and O–H groups in total. The third kappa shape index (κ3) is 4.10. The Morgan fingerprint density at radius 3 is 2.48 bits per heavy atom. The fraction of sp³-hybridized carbons (Fsp3) is 0.938. The van der Waals surface area contributed by atoms with Gasteiger partial charge in [0.15, 0.2) is 18.2 Å². The summed E-state index contributed by atoms with van der Waals surface area (Å²) >= 11 is 0. The molecule has 7 heteroatoms. The zero-order valence-corrected chi connectivity index (χ0v) is 13.9. The molecule has 0 amide bonds. The molecule has 0 aromatic rings. The number of hydrogen-bond donors (Lipinski definition) is 4. The first-order chi connectivity index (χ1) is 10.6. The first-order valence-electron chi connectivity index (χ1n) is 8.19. The van der Waals surface area contributed by atoms with Crippen LogP contribution in [0.1, 0.15) is 40.0 Å². The Morgan fingerprint density at radius 2 is 1.91 bits per heavy atom. The normalized spacial score (nSPS) is 42.7. The molecule has 23 heavy (non-hydrogen) atoms. The van der Waals surface area contributed by atoms with E-state index in [9.17, 15) is 25.2 Å². The molecule has 1 aliphatic carbocycles. The van der Waals surface area contributed by atoms with Crippen molar-refractivity contribution in [3.05, 3.63) is 0 Å². The van der Waals surface area contributed by atoms with Crippen LogP contribution in [0.4, 0.5) is 0 Å². The predicted octanol–water partition coefficient (Wildman–Crippen LogP) is -0.413. The molecule has 7 nitrogen and oxygen atoms in total. The van der Waals surface area contributed by atoms with Crippen LogP contribution in [-0.4, -0.2) is 69.1 Å². The van der Waals surface area contributed by atoms with Gasteiger partial charge in [-0.2, -0.15) is 0 Å². The van der Waals surface area contributed by atoms with Crippen LogP contribution < -0.4 is 0 Å². The van der Waals surface area contributed by atoms with Crippen LogP contribution >= 0.6 is 0 Å². The van der Waals surface area contributed by atoms with E-state index in [1.54, 1.807) is 13.8 Å². The fourth-order valence-corrected chi connectivity index (χ4v) is 3.35. The Kier molecular flexibility index (Phi) is 5.81. The molecule has 1 aliphatic heterocycles. The van der Waals surface area contributed by atoms with Crippen molar-refractivity contribution in [3.63, 3.8) is 0 Å². The second-order valence-corrected chi connectivity index (χ2v) is 7.33. The van der Waals surface area contributed by atoms with Gasteiger partial charge >= 0.3 is 0 Å². The second-order valence-electron chi connectivity index (χ2n) is 7.33. The molecule has 0 aromatic carbocycles. The van der Waals surface area contributed by atoms with Gasteiger partial charge in [0.1, 0.15) is 12.2 Å². The molecular weight excluding hydrogens is 304 g/mol. The third-order valence-corrected chi connectivity index (χ3v) is 5.11. The van der Waals surface area contributed by atoms with Crippen LogP contribution in [-0.2, 0) is 14.3 Å². The molecule has 2 fully saturated rings. The lowest BCUT2D eigenvalue weighted by Crippen LogP contribution is -2.58. The number of rotatable bonds is 4. The highest BCUT2D eigenvalue weighted by molar-refractivity contribution is 5.88. The number of ether oxygens (including phenoxy) is 2. The second kappa shape index (κ2) is 7.13. The molecule has 2 rings (SSSR count). The highest BCUT2D eigenvalue weighted by atomic mass is 16.7. The van der Waals surface area contributed by atoms with Crippen molar-refractivity contribution in [2.24, 2.45) is 11.8 Å². The van der Waals surface area contributed by atoms with E-state index in [2.05, 4.69) is 0 Å². The third-order valence-electron chi connectivity index (χ3n) is 5.11. The summed E-state index contributed by atoms with van der Waals surface area (Å²) in [5, 5.41) is 39.0. The summed E-state index contributed by atoms with van der Waals surface area (Å²) in [6, 6.07) is 0. The summed E-state index contributed by atoms with van der Waals surface area (Å²) in [5.41, 5.74) is -0.826. The van der Waals surface area contributed by atoms with Crippen molar-refractivity contribution in [2.75, 3.05) is 6.61 Å². The quantitative estimate of drug-likeness (QED) is 0.553. The van der Waals surface area contributed by atoms with Gasteiger partial charge in [-0.15, -0.1) is 0 Å². The van der Waals surface area contributed by atoms with Crippen molar-refractivity contribution in [1.29, 1.82) is 0 Å². The lowest BCUT2D eigenvalue weighted by molar-refractivity contribution is -0.277. The van der Waals surface area contributed by atoms with Crippen molar-refractivity contribution in [2.45, 2.75) is 76.3 Å². The van der Waals surface area contributed by atoms with E-state index in [0.29, 0.717) is 6.42 Å². The maximum atomic E-state index is 11.8. The fourth-order valence-electron chi connectivity index (χ4n) is 3.35. The van der Waals surface area contributed by atoms with Gasteiger partial charge in [0, 0.05) is 0 Å². The smallest absolute Gasteiger partial charge is 0.197 e. The number of carbonyl (C=O) groups excluding carboxylic acids is 1. The van der Waals surface area contributed by atoms with Crippen molar-refractivity contribution in [1.82, 2.24) is 0 Å². The summed E-state index contributed by atoms with van der Waals surface area (Å²) in [5.74, 6) is -0.555. The van der Waals surface area contributed by atoms with Crippen LogP contribution in [0.15, 0.2) is 0 Å². The molecule has 0 aromatic heterocycles. The zero-order chi connectivity index (χ0) is 17.4. The van der Waals surface area contributed by atoms with E-state index in [1.165, 1.54) is 0 Å². The van der Waals surface area contributed by atoms with Gasteiger partial charge in [-0.25, -0.2) is 0 Å². The molecule has 2 aliphatic rings. The molecule has 1 heterocycles. The lowest BCUT2D eigenvalue weighted by atomic mass is 9.74. The van der Waals surface area contributed by atoms with Crippen LogP contribution in [0.5, 0.6) is 0 Å². The van der Waals surface area contributed by atoms with Gasteiger partial charge in [0.05, 0.1) is 18.3 Å². The Balaban J connectivity index is 2.05. The van der Waals surface area contributed by atoms with Crippen LogP contribution in [0.2, 0.25) is 0 Å². The van der Waals surface area contributed by atoms with Crippen LogP contribution in [0, 0.1) is 11.8 Å². The molecule has 1 saturated carbocycles. The zero-order valence-electron chi connectivity index (χ0n) is 13.9. The Labute approximate surface area is 136 Å². The van der Waals surface area contributed by atoms with Crippen molar-refractivity contribution in [3.8, 4) is 0 Å². The van der Waals surface area contributed by atoms with E-state index in [4.69, 9.17) is 9.47 Å². The summed E-state index contributed by atoms with van der Waals surface area (Å²) in [7, 11) is 0. The van der Waals surface area contributed by atoms with E-state index < -0.39 is 42.6 Å². The largest absolute Gasteiger partial charge is 0.394 e. The Hall–Kier alpha value is -0.570. The molecular formula is C16H28O7. The molecule has 0 radical (unpaired) electrons. The summed E-state index contributed by atoms with van der Waals surface area (Å²) in [6.07, 6.45) is -3.38. The topological polar surface area (TPSA) is 116 Å². The van der Waals surface area contributed by atoms with Gasteiger partial charge in [0.25, 0.3) is 0 Å². The predicted molar refractivity (Wildman–Crippen MR) is 80.4 cm³/mol. The van der Waals surface area contributed by atoms with Crippen LogP contribution in [0.25, 0.3) is 0 Å². The van der Waals surface area contributed by atoms with E-state index >= 15 is 0 Å². The molecule has 0 spiro atoms. The molecule has 134 valence electrons. The average molecular weight is 332 g/mol. The number of carbonyl (C=O) groups is 1. The maximum absolute atomic E-state index is 11.8. The van der Waals surface area contributed by atoms with E-state index in [-0.39, 0.29) is 17.9 Å². The van der Waals surface area contributed by atoms with Crippen molar-refractivity contribution < 1.29 is 34.7 Å². The number of aliphatic hydroxyl groups is 4. The summed E-state index contributed by atoms with van der Waals surface area (Å²) < 4.78 is 11.2. The molecule has 7 unspecified atom stereocenters. The van der Waals surface area contributed by atoms with Gasteiger partial charge in [0.2, 0.25) is 0 Å². The highest BCUT2D eigenvalue weighted by Crippen LogP contribution is 2.38. The number of aliphatic hydroxyl groups excluding tert-OH is 3. The van der Waals surface area contributed by atoms with E-state index in [1.807, 2.05) is 6.92 Å². The monoisotopic (exact) mass is 332 g/mol. The lowest BCUT2D eigenvalue weighted by Gasteiger charge is -2.43. The standard InChI is InChI=1S/C16H28O7/c1-8-4-5-9(16(2,3)21)6-10(8)22-15-14(20)13(19)12(18)11(7-17)23-15/h8-12,14-15,17-18,20-21H,4-7H2,1-3H3. The van der Waals surface area contributed by atoms with Crippen LogP contribution in [0.3, 0.4) is 0 Å². The Bertz CT molecular complexity index is 419. The number of hydrogen-bond acceptors (Lipinski definition) is 7. The summed E-state index contributed by atoms with van der Waals surface area (Å²) in [4.78, 5) is 11.8. The minimum absolute atomic E-state index is 0.0550. The minimum atomic E-state index is -1.58. The van der Waals surface area contributed by atoms with E-state index in [0.717, 1.165) is 12.8 Å². The van der Waals surface area contributed by atoms with Crippen molar-refractivity contribution >= 4 is 5.78 Å². The molecule has 1 saturated heterocycles. The highest BCUT2D eigenvalue weighted by Gasteiger charge is 2.46. The number of Topliss-reactive ketones (excluding diaryl/α,β-unsaturated/α-hetero) is 1. The average Bonchev–Trinajstić information content (AvgIpc) is 2.48. The van der Waals surface area contributed by atoms with Gasteiger partial charge in [-0.1, -0.05) is 6.92 Å². The van der Waals surface area contributed by atoms with Gasteiger partial charge in [-0.3, -0.25) is 4.79 Å². The first kappa shape index (κ1) is 18.8. The van der Waals surface area contributed by atoms with Gasteiger partial charge < -0.3 is 29.9 Å². The summed E-state index contributed by atoms with van der Waals surface area (Å²) in [6.45, 7) is 5.00. The molecule has 0 bridgehead atoms. The first-order valence-corrected chi connectivity index (χ1v) is 8.19. The molecule has 7 atom stereocenters. The minimum Gasteiger partial charge on any atom is -0.394 e.